The number of aryl methyl sites for hydroxylation is 2. The van der Waals surface area contributed by atoms with E-state index in [1.807, 2.05) is 31.2 Å². The minimum atomic E-state index is -2.94. The number of hydrogen-bond acceptors (Lipinski definition) is 3. The highest BCUT2D eigenvalue weighted by molar-refractivity contribution is 7.91. The molecule has 0 unspecified atom stereocenters. The molecule has 0 aliphatic rings. The summed E-state index contributed by atoms with van der Waals surface area (Å²) >= 11 is 0. The van der Waals surface area contributed by atoms with Crippen LogP contribution in [0.3, 0.4) is 0 Å². The number of sulfone groups is 1. The lowest BCUT2D eigenvalue weighted by Gasteiger charge is -2.05. The Morgan fingerprint density at radius 3 is 2.47 bits per heavy atom. The lowest BCUT2D eigenvalue weighted by atomic mass is 10.0. The van der Waals surface area contributed by atoms with Crippen molar-refractivity contribution in [3.63, 3.8) is 0 Å². The lowest BCUT2D eigenvalue weighted by molar-refractivity contribution is -0.119. The third-order valence-electron chi connectivity index (χ3n) is 3.29. The standard InChI is InChI=1S/C15H22O3S/c1-3-19(17,18)12-6-9-15(16)11-10-14-8-5-4-7-13(14)2/h4-5,7-8H,3,6,9-12H2,1-2H3. The van der Waals surface area contributed by atoms with Gasteiger partial charge in [0.05, 0.1) is 5.75 Å². The molecule has 106 valence electrons. The van der Waals surface area contributed by atoms with Gasteiger partial charge in [-0.1, -0.05) is 31.2 Å². The summed E-state index contributed by atoms with van der Waals surface area (Å²) in [5.74, 6) is 0.429. The van der Waals surface area contributed by atoms with E-state index >= 15 is 0 Å². The molecule has 0 atom stereocenters. The second kappa shape index (κ2) is 7.43. The maximum absolute atomic E-state index is 11.7. The molecular formula is C15H22O3S. The van der Waals surface area contributed by atoms with Crippen molar-refractivity contribution in [3.05, 3.63) is 35.4 Å². The fraction of sp³-hybridized carbons (Fsp3) is 0.533. The van der Waals surface area contributed by atoms with Crippen LogP contribution in [0, 0.1) is 6.92 Å². The van der Waals surface area contributed by atoms with E-state index in [1.54, 1.807) is 6.92 Å². The summed E-state index contributed by atoms with van der Waals surface area (Å²) in [6.07, 6.45) is 2.05. The molecule has 0 radical (unpaired) electrons. The van der Waals surface area contributed by atoms with Gasteiger partial charge in [-0.2, -0.15) is 0 Å². The van der Waals surface area contributed by atoms with Crippen LogP contribution < -0.4 is 0 Å². The lowest BCUT2D eigenvalue weighted by Crippen LogP contribution is -2.10. The van der Waals surface area contributed by atoms with Gasteiger partial charge in [0.1, 0.15) is 15.6 Å². The number of benzene rings is 1. The van der Waals surface area contributed by atoms with Gasteiger partial charge in [0, 0.05) is 18.6 Å². The van der Waals surface area contributed by atoms with Crippen LogP contribution in [-0.2, 0) is 21.1 Å². The van der Waals surface area contributed by atoms with E-state index in [0.29, 0.717) is 19.3 Å². The maximum Gasteiger partial charge on any atom is 0.150 e. The van der Waals surface area contributed by atoms with Gasteiger partial charge >= 0.3 is 0 Å². The van der Waals surface area contributed by atoms with Crippen LogP contribution >= 0.6 is 0 Å². The summed E-state index contributed by atoms with van der Waals surface area (Å²) in [6.45, 7) is 3.67. The van der Waals surface area contributed by atoms with E-state index < -0.39 is 9.84 Å². The van der Waals surface area contributed by atoms with Gasteiger partial charge < -0.3 is 0 Å². The van der Waals surface area contributed by atoms with E-state index in [9.17, 15) is 13.2 Å². The van der Waals surface area contributed by atoms with E-state index in [4.69, 9.17) is 0 Å². The Morgan fingerprint density at radius 1 is 1.16 bits per heavy atom. The smallest absolute Gasteiger partial charge is 0.150 e. The molecule has 0 saturated carbocycles. The molecule has 0 aliphatic heterocycles. The summed E-state index contributed by atoms with van der Waals surface area (Å²) in [7, 11) is -2.94. The summed E-state index contributed by atoms with van der Waals surface area (Å²) < 4.78 is 22.6. The minimum absolute atomic E-state index is 0.125. The van der Waals surface area contributed by atoms with Crippen LogP contribution in [0.25, 0.3) is 0 Å². The average Bonchev–Trinajstić information content (AvgIpc) is 2.37. The van der Waals surface area contributed by atoms with Crippen LogP contribution in [-0.4, -0.2) is 25.7 Å². The van der Waals surface area contributed by atoms with Crippen molar-refractivity contribution in [1.29, 1.82) is 0 Å². The number of hydrogen-bond donors (Lipinski definition) is 0. The molecule has 0 heterocycles. The molecule has 1 aromatic carbocycles. The first-order chi connectivity index (χ1) is 8.94. The molecule has 0 aromatic heterocycles. The SMILES string of the molecule is CCS(=O)(=O)CCCC(=O)CCc1ccccc1C. The van der Waals surface area contributed by atoms with E-state index in [2.05, 4.69) is 0 Å². The second-order valence-electron chi connectivity index (χ2n) is 4.81. The molecule has 0 spiro atoms. The van der Waals surface area contributed by atoms with Crippen LogP contribution in [0.5, 0.6) is 0 Å². The van der Waals surface area contributed by atoms with Gasteiger partial charge in [-0.25, -0.2) is 8.42 Å². The highest BCUT2D eigenvalue weighted by Crippen LogP contribution is 2.11. The second-order valence-corrected chi connectivity index (χ2v) is 7.28. The van der Waals surface area contributed by atoms with Gasteiger partial charge in [0.2, 0.25) is 0 Å². The van der Waals surface area contributed by atoms with Gasteiger partial charge in [-0.05, 0) is 30.9 Å². The Balaban J connectivity index is 2.31. The molecule has 0 amide bonds. The Labute approximate surface area is 116 Å². The predicted octanol–water partition coefficient (Wildman–Crippen LogP) is 2.71. The number of Topliss-reactive ketones (excluding diaryl/α,β-unsaturated/α-hetero) is 1. The van der Waals surface area contributed by atoms with Crippen LogP contribution in [0.4, 0.5) is 0 Å². The number of rotatable bonds is 8. The van der Waals surface area contributed by atoms with Gasteiger partial charge in [-0.3, -0.25) is 4.79 Å². The first kappa shape index (κ1) is 15.9. The largest absolute Gasteiger partial charge is 0.300 e. The molecule has 4 heteroatoms. The summed E-state index contributed by atoms with van der Waals surface area (Å²) in [5, 5.41) is 0. The van der Waals surface area contributed by atoms with Crippen molar-refractivity contribution < 1.29 is 13.2 Å². The Kier molecular flexibility index (Phi) is 6.22. The maximum atomic E-state index is 11.7. The fourth-order valence-electron chi connectivity index (χ4n) is 1.92. The fourth-order valence-corrected chi connectivity index (χ4v) is 2.80. The van der Waals surface area contributed by atoms with Crippen molar-refractivity contribution in [2.75, 3.05) is 11.5 Å². The van der Waals surface area contributed by atoms with Gasteiger partial charge in [0.15, 0.2) is 0 Å². The topological polar surface area (TPSA) is 51.2 Å². The van der Waals surface area contributed by atoms with Crippen molar-refractivity contribution in [1.82, 2.24) is 0 Å². The molecule has 0 N–H and O–H groups in total. The zero-order valence-electron chi connectivity index (χ0n) is 11.7. The molecule has 0 saturated heterocycles. The van der Waals surface area contributed by atoms with Gasteiger partial charge in [0.25, 0.3) is 0 Å². The third-order valence-corrected chi connectivity index (χ3v) is 5.08. The van der Waals surface area contributed by atoms with E-state index in [1.165, 1.54) is 11.1 Å². The summed E-state index contributed by atoms with van der Waals surface area (Å²) in [4.78, 5) is 11.7. The average molecular weight is 282 g/mol. The third kappa shape index (κ3) is 6.01. The van der Waals surface area contributed by atoms with Crippen molar-refractivity contribution in [2.45, 2.75) is 39.5 Å². The summed E-state index contributed by atoms with van der Waals surface area (Å²) in [5.41, 5.74) is 2.39. The molecule has 0 fully saturated rings. The summed E-state index contributed by atoms with van der Waals surface area (Å²) in [6, 6.07) is 8.02. The van der Waals surface area contributed by atoms with E-state index in [0.717, 1.165) is 6.42 Å². The highest BCUT2D eigenvalue weighted by Gasteiger charge is 2.09. The number of carbonyl (C=O) groups is 1. The normalized spacial score (nSPS) is 11.5. The molecule has 1 rings (SSSR count). The predicted molar refractivity (Wildman–Crippen MR) is 78.1 cm³/mol. The number of carbonyl (C=O) groups excluding carboxylic acids is 1. The Bertz CT molecular complexity index is 518. The van der Waals surface area contributed by atoms with Gasteiger partial charge in [-0.15, -0.1) is 0 Å². The molecule has 0 bridgehead atoms. The van der Waals surface area contributed by atoms with Crippen molar-refractivity contribution >= 4 is 15.6 Å². The van der Waals surface area contributed by atoms with Crippen LogP contribution in [0.15, 0.2) is 24.3 Å². The molecule has 3 nitrogen and oxygen atoms in total. The van der Waals surface area contributed by atoms with E-state index in [-0.39, 0.29) is 17.3 Å². The minimum Gasteiger partial charge on any atom is -0.300 e. The zero-order chi connectivity index (χ0) is 14.3. The first-order valence-corrected chi connectivity index (χ1v) is 8.53. The Morgan fingerprint density at radius 2 is 1.84 bits per heavy atom. The quantitative estimate of drug-likeness (QED) is 0.736. The Hall–Kier alpha value is -1.16. The zero-order valence-corrected chi connectivity index (χ0v) is 12.5. The molecule has 1 aromatic rings. The van der Waals surface area contributed by atoms with Crippen LogP contribution in [0.1, 0.15) is 37.3 Å². The monoisotopic (exact) mass is 282 g/mol. The van der Waals surface area contributed by atoms with Crippen molar-refractivity contribution in [2.24, 2.45) is 0 Å². The molecular weight excluding hydrogens is 260 g/mol. The van der Waals surface area contributed by atoms with Crippen LogP contribution in [0.2, 0.25) is 0 Å². The number of ketones is 1. The van der Waals surface area contributed by atoms with Crippen molar-refractivity contribution in [3.8, 4) is 0 Å². The molecule has 0 aliphatic carbocycles. The molecule has 19 heavy (non-hydrogen) atoms. The first-order valence-electron chi connectivity index (χ1n) is 6.71. The highest BCUT2D eigenvalue weighted by atomic mass is 32.2.